The predicted octanol–water partition coefficient (Wildman–Crippen LogP) is 1.65. The maximum atomic E-state index is 14.9. The predicted molar refractivity (Wildman–Crippen MR) is 119 cm³/mol. The molecule has 0 saturated heterocycles. The first kappa shape index (κ1) is 23.7. The monoisotopic (exact) mass is 446 g/mol. The second kappa shape index (κ2) is 11.1. The second-order valence-corrected chi connectivity index (χ2v) is 8.00. The lowest BCUT2D eigenvalue weighted by molar-refractivity contribution is -0.121. The first-order valence-corrected chi connectivity index (χ1v) is 11.2. The van der Waals surface area contributed by atoms with Gasteiger partial charge < -0.3 is 19.7 Å². The lowest BCUT2D eigenvalue weighted by Gasteiger charge is -2.23. The largest absolute Gasteiger partial charge is 0.487 e. The molecule has 0 fully saturated rings. The number of unbranched alkanes of at least 4 members (excludes halogenated alkanes) is 3. The van der Waals surface area contributed by atoms with Crippen LogP contribution in [-0.2, 0) is 11.3 Å². The molecule has 0 radical (unpaired) electrons. The highest BCUT2D eigenvalue weighted by molar-refractivity contribution is 5.75. The quantitative estimate of drug-likeness (QED) is 0.368. The molecule has 32 heavy (non-hydrogen) atoms. The van der Waals surface area contributed by atoms with Crippen LogP contribution in [-0.4, -0.2) is 39.8 Å². The number of benzene rings is 1. The molecule has 1 unspecified atom stereocenters. The number of aromatic amines is 1. The summed E-state index contributed by atoms with van der Waals surface area (Å²) in [6.45, 7) is 6.21. The van der Waals surface area contributed by atoms with Gasteiger partial charge in [0.05, 0.1) is 24.9 Å². The van der Waals surface area contributed by atoms with Crippen LogP contribution in [0.1, 0.15) is 57.4 Å². The Morgan fingerprint density at radius 3 is 2.94 bits per heavy atom. The Bertz CT molecular complexity index is 1110. The smallest absolute Gasteiger partial charge is 0.274 e. The summed E-state index contributed by atoms with van der Waals surface area (Å²) in [5, 5.41) is 11.8. The molecule has 0 bridgehead atoms. The molecular formula is C23H31FN4O4. The van der Waals surface area contributed by atoms with Gasteiger partial charge in [-0.2, -0.15) is 0 Å². The van der Waals surface area contributed by atoms with E-state index in [-0.39, 0.29) is 54.8 Å². The zero-order valence-corrected chi connectivity index (χ0v) is 18.5. The van der Waals surface area contributed by atoms with E-state index in [1.807, 2.05) is 0 Å². The summed E-state index contributed by atoms with van der Waals surface area (Å²) in [5.74, 6) is -0.576. The first-order chi connectivity index (χ1) is 15.4. The number of aliphatic hydroxyl groups is 1. The summed E-state index contributed by atoms with van der Waals surface area (Å²) in [6, 6.07) is 2.87. The molecule has 2 heterocycles. The summed E-state index contributed by atoms with van der Waals surface area (Å²) < 4.78 is 22.6. The number of carbonyl (C=O) groups is 1. The van der Waals surface area contributed by atoms with Crippen molar-refractivity contribution in [3.05, 3.63) is 44.8 Å². The lowest BCUT2D eigenvalue weighted by atomic mass is 10.0. The zero-order chi connectivity index (χ0) is 23.1. The van der Waals surface area contributed by atoms with Gasteiger partial charge in [-0.25, -0.2) is 9.38 Å². The Kier molecular flexibility index (Phi) is 8.21. The number of halogens is 1. The van der Waals surface area contributed by atoms with Gasteiger partial charge >= 0.3 is 0 Å². The average molecular weight is 447 g/mol. The van der Waals surface area contributed by atoms with Crippen LogP contribution in [0.3, 0.4) is 0 Å². The average Bonchev–Trinajstić information content (AvgIpc) is 3.06. The third-order valence-corrected chi connectivity index (χ3v) is 5.59. The van der Waals surface area contributed by atoms with Gasteiger partial charge in [0.1, 0.15) is 5.35 Å². The van der Waals surface area contributed by atoms with E-state index in [9.17, 15) is 14.0 Å². The summed E-state index contributed by atoms with van der Waals surface area (Å²) in [6.07, 6.45) is 5.16. The Hall–Kier alpha value is -2.94. The number of imidazole rings is 1. The van der Waals surface area contributed by atoms with Gasteiger partial charge in [-0.1, -0.05) is 32.8 Å². The highest BCUT2D eigenvalue weighted by Crippen LogP contribution is 2.34. The number of nitrogens with zero attached hydrogens (tertiary/aromatic N) is 2. The summed E-state index contributed by atoms with van der Waals surface area (Å²) in [5.41, 5.74) is 1.13. The van der Waals surface area contributed by atoms with Crippen molar-refractivity contribution in [3.63, 3.8) is 0 Å². The summed E-state index contributed by atoms with van der Waals surface area (Å²) in [7, 11) is 0. The number of rotatable bonds is 12. The third kappa shape index (κ3) is 5.64. The Morgan fingerprint density at radius 1 is 1.38 bits per heavy atom. The van der Waals surface area contributed by atoms with Crippen LogP contribution in [0.25, 0.3) is 6.58 Å². The Morgan fingerprint density at radius 2 is 2.19 bits per heavy atom. The minimum absolute atomic E-state index is 0.105. The van der Waals surface area contributed by atoms with Gasteiger partial charge in [-0.15, -0.1) is 0 Å². The molecule has 0 saturated carbocycles. The van der Waals surface area contributed by atoms with Gasteiger partial charge in [0, 0.05) is 18.5 Å². The second-order valence-electron chi connectivity index (χ2n) is 8.00. The number of hydrogen-bond acceptors (Lipinski definition) is 5. The number of hydrogen-bond donors (Lipinski definition) is 3. The molecule has 8 nitrogen and oxygen atoms in total. The molecule has 1 amide bonds. The van der Waals surface area contributed by atoms with Gasteiger partial charge in [-0.05, 0) is 31.4 Å². The number of aromatic nitrogens is 2. The molecule has 1 aromatic carbocycles. The number of amides is 1. The van der Waals surface area contributed by atoms with E-state index in [0.29, 0.717) is 29.7 Å². The summed E-state index contributed by atoms with van der Waals surface area (Å²) in [4.78, 5) is 31.0. The van der Waals surface area contributed by atoms with Gasteiger partial charge in [0.2, 0.25) is 11.5 Å². The zero-order valence-electron chi connectivity index (χ0n) is 18.5. The van der Waals surface area contributed by atoms with Crippen LogP contribution in [0, 0.1) is 5.82 Å². The van der Waals surface area contributed by atoms with Crippen molar-refractivity contribution < 1.29 is 19.0 Å². The van der Waals surface area contributed by atoms with E-state index in [1.165, 1.54) is 6.07 Å². The minimum atomic E-state index is -0.505. The highest BCUT2D eigenvalue weighted by atomic mass is 19.1. The number of fused-ring (bicyclic) bond motifs is 2. The molecule has 3 rings (SSSR count). The van der Waals surface area contributed by atoms with Crippen LogP contribution in [0.15, 0.2) is 21.9 Å². The fraction of sp³-hybridized carbons (Fsp3) is 0.522. The van der Waals surface area contributed by atoms with Crippen molar-refractivity contribution in [2.75, 3.05) is 13.2 Å². The maximum absolute atomic E-state index is 14.9. The van der Waals surface area contributed by atoms with Crippen molar-refractivity contribution in [2.24, 2.45) is 4.99 Å². The van der Waals surface area contributed by atoms with Gasteiger partial charge in [0.25, 0.3) is 5.56 Å². The van der Waals surface area contributed by atoms with E-state index in [2.05, 4.69) is 28.8 Å². The first-order valence-electron chi connectivity index (χ1n) is 11.2. The molecule has 0 spiro atoms. The van der Waals surface area contributed by atoms with Crippen molar-refractivity contribution in [2.45, 2.75) is 64.5 Å². The van der Waals surface area contributed by atoms with Crippen LogP contribution < -0.4 is 26.6 Å². The topological polar surface area (TPSA) is 109 Å². The van der Waals surface area contributed by atoms with E-state index in [1.54, 1.807) is 10.6 Å². The highest BCUT2D eigenvalue weighted by Gasteiger charge is 2.23. The third-order valence-electron chi connectivity index (χ3n) is 5.59. The Balaban J connectivity index is 1.81. The van der Waals surface area contributed by atoms with Crippen molar-refractivity contribution in [3.8, 4) is 5.75 Å². The lowest BCUT2D eigenvalue weighted by Crippen LogP contribution is -2.33. The van der Waals surface area contributed by atoms with Crippen molar-refractivity contribution in [1.29, 1.82) is 0 Å². The number of ether oxygens (including phenoxy) is 1. The molecule has 1 aliphatic rings. The van der Waals surface area contributed by atoms with Gasteiger partial charge in [0.15, 0.2) is 11.6 Å². The van der Waals surface area contributed by atoms with E-state index >= 15 is 0 Å². The van der Waals surface area contributed by atoms with Crippen LogP contribution in [0.4, 0.5) is 10.1 Å². The van der Waals surface area contributed by atoms with Crippen LogP contribution in [0.2, 0.25) is 0 Å². The molecule has 1 aliphatic heterocycles. The van der Waals surface area contributed by atoms with Gasteiger partial charge in [-0.3, -0.25) is 14.6 Å². The molecule has 1 aromatic heterocycles. The fourth-order valence-electron chi connectivity index (χ4n) is 3.80. The van der Waals surface area contributed by atoms with Crippen molar-refractivity contribution >= 4 is 18.2 Å². The standard InChI is InChI=1S/C23H31FN4O4/c1-3-4-5-6-7-16(8-11-20(30)25-12-13-29)32-21-17-14-28-15(2)22(31)27-23(28)26-19(17)10-9-18(21)24/h9-10,16,29H,2-8,11-14H2,1H3,(H,25,30)(H,26,27,31). The molecule has 2 aromatic rings. The van der Waals surface area contributed by atoms with E-state index in [4.69, 9.17) is 9.84 Å². The van der Waals surface area contributed by atoms with Crippen LogP contribution >= 0.6 is 0 Å². The van der Waals surface area contributed by atoms with E-state index < -0.39 is 5.82 Å². The Labute approximate surface area is 185 Å². The van der Waals surface area contributed by atoms with Crippen LogP contribution in [0.5, 0.6) is 5.75 Å². The summed E-state index contributed by atoms with van der Waals surface area (Å²) >= 11 is 0. The fourth-order valence-corrected chi connectivity index (χ4v) is 3.80. The number of aliphatic hydroxyl groups excluding tert-OH is 1. The molecule has 1 atom stereocenters. The molecule has 9 heteroatoms. The van der Waals surface area contributed by atoms with Crippen molar-refractivity contribution in [1.82, 2.24) is 14.9 Å². The number of nitrogens with one attached hydrogen (secondary N) is 2. The molecule has 0 aliphatic carbocycles. The molecule has 3 N–H and O–H groups in total. The van der Waals surface area contributed by atoms with E-state index in [0.717, 1.165) is 25.7 Å². The molecule has 174 valence electrons. The normalized spacial score (nSPS) is 13.1. The maximum Gasteiger partial charge on any atom is 0.274 e. The molecular weight excluding hydrogens is 415 g/mol. The SMILES string of the molecule is C=c1c(=O)[nH]c2n1Cc1c(ccc(F)c1OC(CCCCCC)CCC(=O)NCCO)N=2. The minimum Gasteiger partial charge on any atom is -0.487 e. The number of H-pyrrole nitrogens is 1. The number of carbonyl (C=O) groups excluding carboxylic acids is 1.